The third-order valence-corrected chi connectivity index (χ3v) is 7.49. The zero-order chi connectivity index (χ0) is 32.0. The number of amides is 3. The van der Waals surface area contributed by atoms with Crippen LogP contribution >= 0.6 is 11.6 Å². The smallest absolute Gasteiger partial charge is 0.417 e. The molecule has 9 nitrogen and oxygen atoms in total. The van der Waals surface area contributed by atoms with Crippen LogP contribution in [0.5, 0.6) is 0 Å². The van der Waals surface area contributed by atoms with E-state index in [2.05, 4.69) is 15.6 Å². The van der Waals surface area contributed by atoms with Crippen LogP contribution in [0.3, 0.4) is 0 Å². The first-order valence-corrected chi connectivity index (χ1v) is 14.0. The van der Waals surface area contributed by atoms with E-state index in [9.17, 15) is 27.6 Å². The molecule has 1 saturated heterocycles. The zero-order valence-corrected chi connectivity index (χ0v) is 25.0. The fraction of sp³-hybridized carbons (Fsp3) is 0.290. The molecule has 0 aliphatic carbocycles. The Labute approximate surface area is 255 Å². The van der Waals surface area contributed by atoms with Gasteiger partial charge in [-0.3, -0.25) is 9.59 Å². The Morgan fingerprint density at radius 3 is 2.32 bits per heavy atom. The quantitative estimate of drug-likeness (QED) is 0.241. The van der Waals surface area contributed by atoms with Crippen molar-refractivity contribution < 1.29 is 32.3 Å². The first-order chi connectivity index (χ1) is 20.6. The molecule has 44 heavy (non-hydrogen) atoms. The van der Waals surface area contributed by atoms with Gasteiger partial charge in [-0.2, -0.15) is 13.2 Å². The predicted molar refractivity (Wildman–Crippen MR) is 160 cm³/mol. The summed E-state index contributed by atoms with van der Waals surface area (Å²) in [6.07, 6.45) is -3.69. The molecule has 2 heterocycles. The van der Waals surface area contributed by atoms with Crippen LogP contribution in [0.1, 0.15) is 58.7 Å². The Hall–Kier alpha value is -4.58. The van der Waals surface area contributed by atoms with Gasteiger partial charge < -0.3 is 24.8 Å². The molecule has 2 N–H and O–H groups in total. The number of hydrogen-bond acceptors (Lipinski definition) is 5. The molecule has 3 amide bonds. The van der Waals surface area contributed by atoms with Crippen molar-refractivity contribution in [3.63, 3.8) is 0 Å². The van der Waals surface area contributed by atoms with Gasteiger partial charge >= 0.3 is 12.3 Å². The number of carbonyl (C=O) groups excluding carboxylic acids is 3. The van der Waals surface area contributed by atoms with Crippen LogP contribution < -0.4 is 10.6 Å². The van der Waals surface area contributed by atoms with Crippen molar-refractivity contribution in [2.75, 3.05) is 23.7 Å². The van der Waals surface area contributed by atoms with Gasteiger partial charge in [-0.15, -0.1) is 0 Å². The number of halogens is 4. The van der Waals surface area contributed by atoms with Crippen LogP contribution in [-0.4, -0.2) is 51.0 Å². The average Bonchev–Trinajstić information content (AvgIpc) is 3.32. The molecular formula is C31H29ClF3N5O4. The van der Waals surface area contributed by atoms with Gasteiger partial charge in [0.25, 0.3) is 11.8 Å². The second-order valence-electron chi connectivity index (χ2n) is 11.4. The fourth-order valence-corrected chi connectivity index (χ4v) is 5.01. The molecule has 5 rings (SSSR count). The number of hydrogen-bond donors (Lipinski definition) is 2. The highest BCUT2D eigenvalue weighted by Gasteiger charge is 2.37. The lowest BCUT2D eigenvalue weighted by atomic mass is 10.1. The summed E-state index contributed by atoms with van der Waals surface area (Å²) >= 11 is 6.22. The number of fused-ring (bicyclic) bond motifs is 1. The molecule has 0 bridgehead atoms. The SMILES string of the molecule is Cc1c(Cl)cccc1NC(=O)c1cc(NC(=O)c2ccccc2C(F)(F)F)cc2c1ncn2C1CN(C(=O)OC(C)(C)C)C1. The monoisotopic (exact) mass is 627 g/mol. The minimum absolute atomic E-state index is 0.0725. The van der Waals surface area contributed by atoms with Gasteiger partial charge in [0.15, 0.2) is 0 Å². The second-order valence-corrected chi connectivity index (χ2v) is 11.9. The van der Waals surface area contributed by atoms with Gasteiger partial charge in [-0.25, -0.2) is 9.78 Å². The molecule has 4 aromatic rings. The van der Waals surface area contributed by atoms with Crippen molar-refractivity contribution in [3.05, 3.63) is 88.2 Å². The summed E-state index contributed by atoms with van der Waals surface area (Å²) in [4.78, 5) is 45.2. The molecule has 230 valence electrons. The maximum atomic E-state index is 13.6. The van der Waals surface area contributed by atoms with Crippen LogP contribution in [0, 0.1) is 6.92 Å². The Balaban J connectivity index is 1.51. The molecule has 1 aromatic heterocycles. The molecule has 0 atom stereocenters. The van der Waals surface area contributed by atoms with E-state index in [1.165, 1.54) is 35.5 Å². The van der Waals surface area contributed by atoms with Gasteiger partial charge in [-0.1, -0.05) is 29.8 Å². The Morgan fingerprint density at radius 1 is 0.955 bits per heavy atom. The molecule has 3 aromatic carbocycles. The van der Waals surface area contributed by atoms with Crippen molar-refractivity contribution in [1.82, 2.24) is 14.5 Å². The number of ether oxygens (including phenoxy) is 1. The third kappa shape index (κ3) is 6.35. The molecule has 0 radical (unpaired) electrons. The van der Waals surface area contributed by atoms with Gasteiger partial charge in [0.2, 0.25) is 0 Å². The fourth-order valence-electron chi connectivity index (χ4n) is 4.84. The predicted octanol–water partition coefficient (Wildman–Crippen LogP) is 7.31. The maximum absolute atomic E-state index is 13.6. The van der Waals surface area contributed by atoms with Gasteiger partial charge in [-0.05, 0) is 69.7 Å². The molecular weight excluding hydrogens is 599 g/mol. The highest BCUT2D eigenvalue weighted by Crippen LogP contribution is 2.34. The molecule has 13 heteroatoms. The van der Waals surface area contributed by atoms with E-state index in [-0.39, 0.29) is 17.3 Å². The minimum atomic E-state index is -4.75. The van der Waals surface area contributed by atoms with Crippen LogP contribution in [0.15, 0.2) is 60.9 Å². The number of rotatable bonds is 5. The van der Waals surface area contributed by atoms with E-state index < -0.39 is 40.8 Å². The third-order valence-electron chi connectivity index (χ3n) is 7.08. The number of nitrogens with zero attached hydrogens (tertiary/aromatic N) is 3. The van der Waals surface area contributed by atoms with E-state index in [0.717, 1.165) is 12.1 Å². The number of aromatic nitrogens is 2. The van der Waals surface area contributed by atoms with Crippen molar-refractivity contribution in [1.29, 1.82) is 0 Å². The standard InChI is InChI=1S/C31H29ClF3N5O4/c1-17-23(32)10-7-11-24(17)38-28(42)21-12-18(37-27(41)20-8-5-6-9-22(20)31(33,34)35)13-25-26(21)36-16-40(25)19-14-39(15-19)29(43)44-30(2,3)4/h5-13,16,19H,14-15H2,1-4H3,(H,37,41)(H,38,42). The molecule has 1 aliphatic rings. The van der Waals surface area contributed by atoms with Gasteiger partial charge in [0.05, 0.1) is 34.6 Å². The highest BCUT2D eigenvalue weighted by atomic mass is 35.5. The first-order valence-electron chi connectivity index (χ1n) is 13.6. The summed E-state index contributed by atoms with van der Waals surface area (Å²) in [6.45, 7) is 7.66. The van der Waals surface area contributed by atoms with E-state index >= 15 is 0 Å². The Morgan fingerprint density at radius 2 is 1.64 bits per heavy atom. The maximum Gasteiger partial charge on any atom is 0.417 e. The summed E-state index contributed by atoms with van der Waals surface area (Å²) < 4.78 is 48.1. The summed E-state index contributed by atoms with van der Waals surface area (Å²) in [6, 6.07) is 12.1. The van der Waals surface area contributed by atoms with Crippen LogP contribution in [0.4, 0.5) is 29.3 Å². The minimum Gasteiger partial charge on any atom is -0.444 e. The number of benzene rings is 3. The van der Waals surface area contributed by atoms with Gasteiger partial charge in [0, 0.05) is 29.5 Å². The number of alkyl halides is 3. The molecule has 1 fully saturated rings. The molecule has 0 spiro atoms. The highest BCUT2D eigenvalue weighted by molar-refractivity contribution is 6.31. The van der Waals surface area contributed by atoms with Gasteiger partial charge in [0.1, 0.15) is 11.1 Å². The van der Waals surface area contributed by atoms with Crippen LogP contribution in [0.2, 0.25) is 5.02 Å². The Bertz CT molecular complexity index is 1770. The molecule has 1 aliphatic heterocycles. The molecule has 0 unspecified atom stereocenters. The number of likely N-dealkylation sites (tertiary alicyclic amines) is 1. The normalized spacial score (nSPS) is 13.9. The topological polar surface area (TPSA) is 106 Å². The van der Waals surface area contributed by atoms with E-state index in [0.29, 0.717) is 40.4 Å². The van der Waals surface area contributed by atoms with Crippen LogP contribution in [-0.2, 0) is 10.9 Å². The largest absolute Gasteiger partial charge is 0.444 e. The summed E-state index contributed by atoms with van der Waals surface area (Å²) in [7, 11) is 0. The summed E-state index contributed by atoms with van der Waals surface area (Å²) in [5.74, 6) is -1.57. The number of anilines is 2. The average molecular weight is 628 g/mol. The van der Waals surface area contributed by atoms with E-state index in [1.807, 2.05) is 0 Å². The van der Waals surface area contributed by atoms with Crippen molar-refractivity contribution in [3.8, 4) is 0 Å². The van der Waals surface area contributed by atoms with E-state index in [1.54, 1.807) is 50.5 Å². The first kappa shape index (κ1) is 30.9. The zero-order valence-electron chi connectivity index (χ0n) is 24.3. The molecule has 0 saturated carbocycles. The van der Waals surface area contributed by atoms with Crippen molar-refractivity contribution >= 4 is 51.9 Å². The van der Waals surface area contributed by atoms with E-state index in [4.69, 9.17) is 16.3 Å². The second kappa shape index (κ2) is 11.5. The summed E-state index contributed by atoms with van der Waals surface area (Å²) in [5, 5.41) is 5.77. The number of nitrogens with one attached hydrogen (secondary N) is 2. The van der Waals surface area contributed by atoms with Crippen LogP contribution in [0.25, 0.3) is 11.0 Å². The van der Waals surface area contributed by atoms with Crippen molar-refractivity contribution in [2.45, 2.75) is 45.5 Å². The number of imidazole rings is 1. The Kier molecular flexibility index (Phi) is 8.06. The summed E-state index contributed by atoms with van der Waals surface area (Å²) in [5.41, 5.74) is -0.340. The van der Waals surface area contributed by atoms with Crippen molar-refractivity contribution in [2.24, 2.45) is 0 Å². The lowest BCUT2D eigenvalue weighted by Gasteiger charge is -2.40. The number of carbonyl (C=O) groups is 3. The lowest BCUT2D eigenvalue weighted by molar-refractivity contribution is -0.137. The lowest BCUT2D eigenvalue weighted by Crippen LogP contribution is -2.52.